The fourth-order valence-electron chi connectivity index (χ4n) is 1.78. The molecule has 0 aromatic carbocycles. The van der Waals surface area contributed by atoms with Crippen LogP contribution in [-0.4, -0.2) is 38.0 Å². The van der Waals surface area contributed by atoms with E-state index in [4.69, 9.17) is 9.47 Å². The lowest BCUT2D eigenvalue weighted by molar-refractivity contribution is -0.0144. The van der Waals surface area contributed by atoms with Crippen LogP contribution in [0.3, 0.4) is 0 Å². The van der Waals surface area contributed by atoms with Gasteiger partial charge in [-0.25, -0.2) is 0 Å². The molecule has 1 fully saturated rings. The molecule has 90 valence electrons. The summed E-state index contributed by atoms with van der Waals surface area (Å²) < 4.78 is 10.9. The zero-order valence-corrected chi connectivity index (χ0v) is 10.5. The number of nitrogens with one attached hydrogen (secondary N) is 1. The Bertz CT molecular complexity index is 176. The first-order valence-corrected chi connectivity index (χ1v) is 5.97. The Balaban J connectivity index is 1.99. The first kappa shape index (κ1) is 12.9. The second-order valence-corrected chi connectivity index (χ2v) is 4.91. The summed E-state index contributed by atoms with van der Waals surface area (Å²) in [5.74, 6) is 0. The zero-order valence-electron chi connectivity index (χ0n) is 10.5. The van der Waals surface area contributed by atoms with Gasteiger partial charge in [0.05, 0.1) is 11.7 Å². The van der Waals surface area contributed by atoms with E-state index in [2.05, 4.69) is 26.1 Å². The summed E-state index contributed by atoms with van der Waals surface area (Å²) in [5, 5.41) is 3.54. The molecule has 1 N–H and O–H groups in total. The maximum atomic E-state index is 5.51. The van der Waals surface area contributed by atoms with E-state index in [0.717, 1.165) is 19.6 Å². The Kier molecular flexibility index (Phi) is 5.03. The van der Waals surface area contributed by atoms with Crippen LogP contribution in [0.1, 0.15) is 40.0 Å². The van der Waals surface area contributed by atoms with Crippen molar-refractivity contribution in [2.45, 2.75) is 57.8 Å². The molecule has 1 saturated carbocycles. The van der Waals surface area contributed by atoms with Gasteiger partial charge in [0.2, 0.25) is 0 Å². The van der Waals surface area contributed by atoms with E-state index in [0.29, 0.717) is 12.1 Å². The average molecular weight is 215 g/mol. The molecular weight excluding hydrogens is 190 g/mol. The lowest BCUT2D eigenvalue weighted by Crippen LogP contribution is -2.46. The summed E-state index contributed by atoms with van der Waals surface area (Å²) in [6, 6.07) is 0.661. The highest BCUT2D eigenvalue weighted by Crippen LogP contribution is 2.23. The van der Waals surface area contributed by atoms with Gasteiger partial charge >= 0.3 is 0 Å². The molecule has 3 heteroatoms. The molecule has 1 aliphatic rings. The Morgan fingerprint density at radius 2 is 2.00 bits per heavy atom. The SMILES string of the molecule is CCOC1CC(NCCC(C)(C)OC)C1. The maximum absolute atomic E-state index is 5.51. The average Bonchev–Trinajstić information content (AvgIpc) is 2.14. The smallest absolute Gasteiger partial charge is 0.0634 e. The molecule has 15 heavy (non-hydrogen) atoms. The Morgan fingerprint density at radius 3 is 2.53 bits per heavy atom. The van der Waals surface area contributed by atoms with Crippen LogP contribution in [0.4, 0.5) is 0 Å². The molecule has 0 aromatic heterocycles. The molecule has 0 heterocycles. The molecule has 0 unspecified atom stereocenters. The van der Waals surface area contributed by atoms with Crippen molar-refractivity contribution in [1.82, 2.24) is 5.32 Å². The monoisotopic (exact) mass is 215 g/mol. The summed E-state index contributed by atoms with van der Waals surface area (Å²) in [7, 11) is 1.77. The number of methoxy groups -OCH3 is 1. The molecule has 0 saturated heterocycles. The summed E-state index contributed by atoms with van der Waals surface area (Å²) >= 11 is 0. The lowest BCUT2D eigenvalue weighted by Gasteiger charge is -2.36. The molecule has 0 bridgehead atoms. The zero-order chi connectivity index (χ0) is 11.3. The molecule has 0 amide bonds. The summed E-state index contributed by atoms with van der Waals surface area (Å²) in [6.07, 6.45) is 3.89. The van der Waals surface area contributed by atoms with E-state index in [1.807, 2.05) is 0 Å². The molecule has 0 aliphatic heterocycles. The lowest BCUT2D eigenvalue weighted by atomic mass is 9.89. The van der Waals surface area contributed by atoms with Crippen LogP contribution in [-0.2, 0) is 9.47 Å². The van der Waals surface area contributed by atoms with Gasteiger partial charge in [-0.15, -0.1) is 0 Å². The van der Waals surface area contributed by atoms with Gasteiger partial charge in [0.25, 0.3) is 0 Å². The highest BCUT2D eigenvalue weighted by Gasteiger charge is 2.29. The molecule has 0 radical (unpaired) electrons. The van der Waals surface area contributed by atoms with E-state index in [1.54, 1.807) is 7.11 Å². The Morgan fingerprint density at radius 1 is 1.33 bits per heavy atom. The predicted molar refractivity (Wildman–Crippen MR) is 62.1 cm³/mol. The molecule has 1 aliphatic carbocycles. The van der Waals surface area contributed by atoms with Crippen molar-refractivity contribution in [2.24, 2.45) is 0 Å². The van der Waals surface area contributed by atoms with Crippen molar-refractivity contribution < 1.29 is 9.47 Å². The van der Waals surface area contributed by atoms with Gasteiger partial charge in [0, 0.05) is 19.8 Å². The van der Waals surface area contributed by atoms with E-state index < -0.39 is 0 Å². The molecular formula is C12H25NO2. The predicted octanol–water partition coefficient (Wildman–Crippen LogP) is 1.96. The van der Waals surface area contributed by atoms with Crippen LogP contribution in [0.15, 0.2) is 0 Å². The molecule has 0 atom stereocenters. The third-order valence-electron chi connectivity index (χ3n) is 3.21. The van der Waals surface area contributed by atoms with Gasteiger partial charge in [-0.2, -0.15) is 0 Å². The fraction of sp³-hybridized carbons (Fsp3) is 1.00. The van der Waals surface area contributed by atoms with Crippen LogP contribution in [0.25, 0.3) is 0 Å². The molecule has 1 rings (SSSR count). The third kappa shape index (κ3) is 4.49. The quantitative estimate of drug-likeness (QED) is 0.704. The van der Waals surface area contributed by atoms with Crippen molar-refractivity contribution in [2.75, 3.05) is 20.3 Å². The Hall–Kier alpha value is -0.120. The second-order valence-electron chi connectivity index (χ2n) is 4.91. The first-order valence-electron chi connectivity index (χ1n) is 5.97. The van der Waals surface area contributed by atoms with Crippen molar-refractivity contribution in [1.29, 1.82) is 0 Å². The number of rotatable bonds is 7. The minimum Gasteiger partial charge on any atom is -0.379 e. The van der Waals surface area contributed by atoms with Gasteiger partial charge in [-0.05, 0) is 46.6 Å². The first-order chi connectivity index (χ1) is 7.07. The normalized spacial score (nSPS) is 26.4. The fourth-order valence-corrected chi connectivity index (χ4v) is 1.78. The van der Waals surface area contributed by atoms with Gasteiger partial charge in [0.15, 0.2) is 0 Å². The molecule has 0 spiro atoms. The molecule has 3 nitrogen and oxygen atoms in total. The Labute approximate surface area is 93.5 Å². The third-order valence-corrected chi connectivity index (χ3v) is 3.21. The highest BCUT2D eigenvalue weighted by atomic mass is 16.5. The van der Waals surface area contributed by atoms with Crippen molar-refractivity contribution >= 4 is 0 Å². The van der Waals surface area contributed by atoms with Crippen LogP contribution >= 0.6 is 0 Å². The van der Waals surface area contributed by atoms with Crippen molar-refractivity contribution in [3.05, 3.63) is 0 Å². The van der Waals surface area contributed by atoms with E-state index in [1.165, 1.54) is 12.8 Å². The number of ether oxygens (including phenoxy) is 2. The van der Waals surface area contributed by atoms with Crippen LogP contribution in [0.5, 0.6) is 0 Å². The highest BCUT2D eigenvalue weighted by molar-refractivity contribution is 4.86. The standard InChI is InChI=1S/C12H25NO2/c1-5-15-11-8-10(9-11)13-7-6-12(2,3)14-4/h10-11,13H,5-9H2,1-4H3. The van der Waals surface area contributed by atoms with E-state index in [9.17, 15) is 0 Å². The van der Waals surface area contributed by atoms with E-state index in [-0.39, 0.29) is 5.60 Å². The largest absolute Gasteiger partial charge is 0.379 e. The van der Waals surface area contributed by atoms with Crippen LogP contribution < -0.4 is 5.32 Å². The molecule has 0 aromatic rings. The van der Waals surface area contributed by atoms with E-state index >= 15 is 0 Å². The van der Waals surface area contributed by atoms with Crippen molar-refractivity contribution in [3.8, 4) is 0 Å². The summed E-state index contributed by atoms with van der Waals surface area (Å²) in [6.45, 7) is 8.18. The van der Waals surface area contributed by atoms with Crippen molar-refractivity contribution in [3.63, 3.8) is 0 Å². The topological polar surface area (TPSA) is 30.5 Å². The van der Waals surface area contributed by atoms with Crippen LogP contribution in [0, 0.1) is 0 Å². The van der Waals surface area contributed by atoms with Gasteiger partial charge < -0.3 is 14.8 Å². The van der Waals surface area contributed by atoms with Gasteiger partial charge in [-0.1, -0.05) is 0 Å². The van der Waals surface area contributed by atoms with Crippen LogP contribution in [0.2, 0.25) is 0 Å². The number of hydrogen-bond donors (Lipinski definition) is 1. The second kappa shape index (κ2) is 5.83. The number of hydrogen-bond acceptors (Lipinski definition) is 3. The van der Waals surface area contributed by atoms with Gasteiger partial charge in [0.1, 0.15) is 0 Å². The minimum atomic E-state index is -0.00390. The minimum absolute atomic E-state index is 0.00390. The summed E-state index contributed by atoms with van der Waals surface area (Å²) in [5.41, 5.74) is -0.00390. The summed E-state index contributed by atoms with van der Waals surface area (Å²) in [4.78, 5) is 0. The van der Waals surface area contributed by atoms with Gasteiger partial charge in [-0.3, -0.25) is 0 Å². The maximum Gasteiger partial charge on any atom is 0.0634 e.